The Balaban J connectivity index is 1.52. The van der Waals surface area contributed by atoms with E-state index in [1.165, 1.54) is 0 Å². The van der Waals surface area contributed by atoms with Crippen molar-refractivity contribution in [1.82, 2.24) is 20.2 Å². The van der Waals surface area contributed by atoms with E-state index in [-0.39, 0.29) is 11.9 Å². The molecule has 7 heteroatoms. The molecule has 3 N–H and O–H groups in total. The van der Waals surface area contributed by atoms with E-state index in [1.807, 2.05) is 60.2 Å². The van der Waals surface area contributed by atoms with Crippen molar-refractivity contribution in [1.29, 1.82) is 0 Å². The first-order valence-corrected chi connectivity index (χ1v) is 9.04. The lowest BCUT2D eigenvalue weighted by Crippen LogP contribution is -2.46. The number of nitrogens with one attached hydrogen (secondary N) is 3. The third-order valence-electron chi connectivity index (χ3n) is 4.33. The number of benzene rings is 2. The van der Waals surface area contributed by atoms with Crippen molar-refractivity contribution in [2.45, 2.75) is 25.9 Å². The summed E-state index contributed by atoms with van der Waals surface area (Å²) in [5.74, 6) is -0.255. The number of anilines is 1. The minimum Gasteiger partial charge on any atom is -0.348 e. The average Bonchev–Trinajstić information content (AvgIpc) is 3.23. The third-order valence-corrected chi connectivity index (χ3v) is 4.33. The zero-order valence-electron chi connectivity index (χ0n) is 15.8. The van der Waals surface area contributed by atoms with Crippen LogP contribution in [0.4, 0.5) is 10.5 Å². The third kappa shape index (κ3) is 4.97. The molecule has 0 aliphatic rings. The van der Waals surface area contributed by atoms with Crippen LogP contribution in [0.2, 0.25) is 0 Å². The van der Waals surface area contributed by atoms with Crippen LogP contribution in [0, 0.1) is 0 Å². The Morgan fingerprint density at radius 3 is 2.32 bits per heavy atom. The number of carbonyl (C=O) groups is 2. The number of aromatic nitrogens is 2. The number of nitrogens with zero attached hydrogens (tertiary/aromatic N) is 2. The number of hydrogen-bond acceptors (Lipinski definition) is 3. The largest absolute Gasteiger partial charge is 0.348 e. The monoisotopic (exact) mass is 377 g/mol. The molecule has 0 fully saturated rings. The van der Waals surface area contributed by atoms with E-state index in [0.717, 1.165) is 11.3 Å². The highest BCUT2D eigenvalue weighted by atomic mass is 16.2. The van der Waals surface area contributed by atoms with Crippen molar-refractivity contribution in [2.24, 2.45) is 0 Å². The Morgan fingerprint density at radius 1 is 0.964 bits per heavy atom. The number of hydrogen-bond donors (Lipinski definition) is 3. The van der Waals surface area contributed by atoms with Crippen molar-refractivity contribution in [3.05, 3.63) is 78.9 Å². The number of rotatable bonds is 6. The maximum atomic E-state index is 12.4. The van der Waals surface area contributed by atoms with Gasteiger partial charge in [0.05, 0.1) is 12.4 Å². The van der Waals surface area contributed by atoms with Crippen molar-refractivity contribution < 1.29 is 9.59 Å². The molecule has 144 valence electrons. The Morgan fingerprint density at radius 2 is 1.68 bits per heavy atom. The summed E-state index contributed by atoms with van der Waals surface area (Å²) >= 11 is 0. The molecule has 3 rings (SSSR count). The zero-order valence-corrected chi connectivity index (χ0v) is 15.8. The van der Waals surface area contributed by atoms with E-state index in [0.29, 0.717) is 5.69 Å². The van der Waals surface area contributed by atoms with E-state index in [1.54, 1.807) is 31.6 Å². The summed E-state index contributed by atoms with van der Waals surface area (Å²) in [7, 11) is 0. The Bertz CT molecular complexity index is 908. The quantitative estimate of drug-likeness (QED) is 0.616. The molecule has 2 atom stereocenters. The molecule has 0 bridgehead atoms. The Labute approximate surface area is 163 Å². The molecule has 0 radical (unpaired) electrons. The smallest absolute Gasteiger partial charge is 0.319 e. The summed E-state index contributed by atoms with van der Waals surface area (Å²) in [6.07, 6.45) is 5.32. The molecule has 7 nitrogen and oxygen atoms in total. The lowest BCUT2D eigenvalue weighted by Gasteiger charge is -2.19. The summed E-state index contributed by atoms with van der Waals surface area (Å²) in [6, 6.07) is 15.6. The van der Waals surface area contributed by atoms with E-state index >= 15 is 0 Å². The Hall–Kier alpha value is -3.61. The molecule has 0 aliphatic carbocycles. The van der Waals surface area contributed by atoms with Crippen molar-refractivity contribution in [3.8, 4) is 5.69 Å². The van der Waals surface area contributed by atoms with Crippen LogP contribution in [0.15, 0.2) is 73.3 Å². The van der Waals surface area contributed by atoms with E-state index < -0.39 is 12.1 Å². The number of carbonyl (C=O) groups excluding carboxylic acids is 2. The number of urea groups is 1. The van der Waals surface area contributed by atoms with Crippen LogP contribution in [0.5, 0.6) is 0 Å². The van der Waals surface area contributed by atoms with Crippen molar-refractivity contribution in [3.63, 3.8) is 0 Å². The maximum absolute atomic E-state index is 12.4. The van der Waals surface area contributed by atoms with Crippen LogP contribution < -0.4 is 16.0 Å². The fourth-order valence-corrected chi connectivity index (χ4v) is 2.72. The van der Waals surface area contributed by atoms with E-state index in [9.17, 15) is 9.59 Å². The summed E-state index contributed by atoms with van der Waals surface area (Å²) in [6.45, 7) is 3.55. The van der Waals surface area contributed by atoms with Crippen LogP contribution in [0.1, 0.15) is 25.5 Å². The molecular weight excluding hydrogens is 354 g/mol. The van der Waals surface area contributed by atoms with Gasteiger partial charge in [0.15, 0.2) is 0 Å². The molecule has 2 aromatic carbocycles. The predicted molar refractivity (Wildman–Crippen MR) is 108 cm³/mol. The number of para-hydroxylation sites is 1. The van der Waals surface area contributed by atoms with Crippen LogP contribution in [0.25, 0.3) is 5.69 Å². The number of amides is 3. The van der Waals surface area contributed by atoms with E-state index in [2.05, 4.69) is 20.9 Å². The van der Waals surface area contributed by atoms with Gasteiger partial charge in [0.2, 0.25) is 5.91 Å². The summed E-state index contributed by atoms with van der Waals surface area (Å²) < 4.78 is 1.91. The lowest BCUT2D eigenvalue weighted by atomic mass is 10.1. The second kappa shape index (κ2) is 8.85. The number of imidazole rings is 1. The SMILES string of the molecule is CC(NC(=O)Nc1ccccc1)C(=O)NC(C)c1ccc(-n2ccnc2)cc1. The first kappa shape index (κ1) is 19.2. The molecule has 28 heavy (non-hydrogen) atoms. The lowest BCUT2D eigenvalue weighted by molar-refractivity contribution is -0.123. The predicted octanol–water partition coefficient (Wildman–Crippen LogP) is 3.26. The van der Waals surface area contributed by atoms with Crippen molar-refractivity contribution in [2.75, 3.05) is 5.32 Å². The fraction of sp³-hybridized carbons (Fsp3) is 0.190. The molecule has 0 aliphatic heterocycles. The highest BCUT2D eigenvalue weighted by Gasteiger charge is 2.18. The van der Waals surface area contributed by atoms with Crippen LogP contribution in [-0.4, -0.2) is 27.5 Å². The van der Waals surface area contributed by atoms with Gasteiger partial charge in [-0.05, 0) is 43.7 Å². The molecular formula is C21H23N5O2. The van der Waals surface area contributed by atoms with Crippen molar-refractivity contribution >= 4 is 17.6 Å². The van der Waals surface area contributed by atoms with Gasteiger partial charge in [0, 0.05) is 23.8 Å². The minimum atomic E-state index is -0.670. The molecule has 3 aromatic rings. The Kier molecular flexibility index (Phi) is 6.06. The van der Waals surface area contributed by atoms with Gasteiger partial charge in [-0.2, -0.15) is 0 Å². The summed E-state index contributed by atoms with van der Waals surface area (Å²) in [5.41, 5.74) is 2.63. The molecule has 0 spiro atoms. The van der Waals surface area contributed by atoms with E-state index in [4.69, 9.17) is 0 Å². The first-order chi connectivity index (χ1) is 13.5. The van der Waals surface area contributed by atoms with Gasteiger partial charge in [-0.3, -0.25) is 4.79 Å². The molecule has 0 saturated carbocycles. The second-order valence-corrected chi connectivity index (χ2v) is 6.48. The molecule has 2 unspecified atom stereocenters. The van der Waals surface area contributed by atoms with Gasteiger partial charge >= 0.3 is 6.03 Å². The highest BCUT2D eigenvalue weighted by Crippen LogP contribution is 2.16. The minimum absolute atomic E-state index is 0.189. The molecule has 1 aromatic heterocycles. The molecule has 1 heterocycles. The summed E-state index contributed by atoms with van der Waals surface area (Å²) in [5, 5.41) is 8.25. The van der Waals surface area contributed by atoms with Gasteiger partial charge < -0.3 is 20.5 Å². The van der Waals surface area contributed by atoms with Crippen LogP contribution >= 0.6 is 0 Å². The zero-order chi connectivity index (χ0) is 19.9. The normalized spacial score (nSPS) is 12.6. The highest BCUT2D eigenvalue weighted by molar-refractivity contribution is 5.93. The average molecular weight is 377 g/mol. The van der Waals surface area contributed by atoms with Crippen LogP contribution in [-0.2, 0) is 4.79 Å². The fourth-order valence-electron chi connectivity index (χ4n) is 2.72. The van der Waals surface area contributed by atoms with Crippen LogP contribution in [0.3, 0.4) is 0 Å². The maximum Gasteiger partial charge on any atom is 0.319 e. The standard InChI is InChI=1S/C21H23N5O2/c1-15(17-8-10-19(11-9-17)26-13-12-22-14-26)23-20(27)16(2)24-21(28)25-18-6-4-3-5-7-18/h3-16H,1-2H3,(H,23,27)(H2,24,25,28). The second-order valence-electron chi connectivity index (χ2n) is 6.48. The molecule has 3 amide bonds. The summed E-state index contributed by atoms with van der Waals surface area (Å²) in [4.78, 5) is 28.5. The topological polar surface area (TPSA) is 88.0 Å². The van der Waals surface area contributed by atoms with Gasteiger partial charge in [-0.25, -0.2) is 9.78 Å². The first-order valence-electron chi connectivity index (χ1n) is 9.04. The van der Waals surface area contributed by atoms with Gasteiger partial charge in [0.25, 0.3) is 0 Å². The van der Waals surface area contributed by atoms with Gasteiger partial charge in [-0.1, -0.05) is 30.3 Å². The van der Waals surface area contributed by atoms with Gasteiger partial charge in [0.1, 0.15) is 6.04 Å². The van der Waals surface area contributed by atoms with Gasteiger partial charge in [-0.15, -0.1) is 0 Å². The molecule has 0 saturated heterocycles.